The Morgan fingerprint density at radius 2 is 2.14 bits per heavy atom. The Bertz CT molecular complexity index is 439. The standard InChI is InChI=1S/C17H26N2O2/c1-14-5-7-15(8-6-14)12-18-17(20)9-10-19(2)13-16-4-3-11-21-16/h5-8,16H,3-4,9-13H2,1-2H3,(H,18,20). The van der Waals surface area contributed by atoms with Crippen molar-refractivity contribution in [1.29, 1.82) is 0 Å². The fourth-order valence-corrected chi connectivity index (χ4v) is 2.51. The van der Waals surface area contributed by atoms with E-state index >= 15 is 0 Å². The lowest BCUT2D eigenvalue weighted by Gasteiger charge is -2.20. The van der Waals surface area contributed by atoms with Crippen LogP contribution in [0.4, 0.5) is 0 Å². The van der Waals surface area contributed by atoms with E-state index in [2.05, 4.69) is 48.5 Å². The van der Waals surface area contributed by atoms with Gasteiger partial charge in [0.2, 0.25) is 5.91 Å². The number of hydrogen-bond donors (Lipinski definition) is 1. The van der Waals surface area contributed by atoms with Crippen LogP contribution >= 0.6 is 0 Å². The second-order valence-corrected chi connectivity index (χ2v) is 5.91. The van der Waals surface area contributed by atoms with Crippen LogP contribution in [0.25, 0.3) is 0 Å². The molecular formula is C17H26N2O2. The van der Waals surface area contributed by atoms with Gasteiger partial charge in [-0.15, -0.1) is 0 Å². The first kappa shape index (κ1) is 16.0. The molecule has 0 aliphatic carbocycles. The number of nitrogens with zero attached hydrogens (tertiary/aromatic N) is 1. The molecule has 1 heterocycles. The zero-order valence-corrected chi connectivity index (χ0v) is 13.1. The number of aryl methyl sites for hydroxylation is 1. The maximum Gasteiger partial charge on any atom is 0.221 e. The summed E-state index contributed by atoms with van der Waals surface area (Å²) >= 11 is 0. The SMILES string of the molecule is Cc1ccc(CNC(=O)CCN(C)CC2CCCO2)cc1. The first-order valence-corrected chi connectivity index (χ1v) is 7.76. The normalized spacial score (nSPS) is 18.1. The highest BCUT2D eigenvalue weighted by Crippen LogP contribution is 2.12. The smallest absolute Gasteiger partial charge is 0.221 e. The molecule has 1 amide bonds. The zero-order chi connectivity index (χ0) is 15.1. The van der Waals surface area contributed by atoms with Crippen molar-refractivity contribution < 1.29 is 9.53 Å². The van der Waals surface area contributed by atoms with Gasteiger partial charge in [-0.05, 0) is 32.4 Å². The van der Waals surface area contributed by atoms with Crippen molar-refractivity contribution in [2.45, 2.75) is 38.8 Å². The lowest BCUT2D eigenvalue weighted by Crippen LogP contribution is -2.33. The van der Waals surface area contributed by atoms with E-state index in [0.717, 1.165) is 38.1 Å². The quantitative estimate of drug-likeness (QED) is 0.836. The van der Waals surface area contributed by atoms with Crippen LogP contribution in [0.1, 0.15) is 30.4 Å². The van der Waals surface area contributed by atoms with E-state index < -0.39 is 0 Å². The first-order chi connectivity index (χ1) is 10.1. The van der Waals surface area contributed by atoms with Crippen LogP contribution < -0.4 is 5.32 Å². The number of hydrogen-bond acceptors (Lipinski definition) is 3. The summed E-state index contributed by atoms with van der Waals surface area (Å²) in [5, 5.41) is 2.97. The average molecular weight is 290 g/mol. The van der Waals surface area contributed by atoms with Crippen LogP contribution in [0.5, 0.6) is 0 Å². The molecule has 1 aromatic rings. The molecule has 0 spiro atoms. The predicted molar refractivity (Wildman–Crippen MR) is 84.1 cm³/mol. The highest BCUT2D eigenvalue weighted by atomic mass is 16.5. The maximum atomic E-state index is 11.9. The number of rotatable bonds is 7. The number of amides is 1. The van der Waals surface area contributed by atoms with E-state index in [1.165, 1.54) is 5.56 Å². The Morgan fingerprint density at radius 3 is 2.81 bits per heavy atom. The van der Waals surface area contributed by atoms with Crippen molar-refractivity contribution in [3.63, 3.8) is 0 Å². The van der Waals surface area contributed by atoms with Gasteiger partial charge in [0.15, 0.2) is 0 Å². The van der Waals surface area contributed by atoms with Gasteiger partial charge in [0.1, 0.15) is 0 Å². The minimum Gasteiger partial charge on any atom is -0.377 e. The summed E-state index contributed by atoms with van der Waals surface area (Å²) in [6, 6.07) is 8.24. The Hall–Kier alpha value is -1.39. The highest BCUT2D eigenvalue weighted by Gasteiger charge is 2.17. The van der Waals surface area contributed by atoms with Gasteiger partial charge in [0.05, 0.1) is 6.10 Å². The molecule has 0 radical (unpaired) electrons. The average Bonchev–Trinajstić information content (AvgIpc) is 2.97. The van der Waals surface area contributed by atoms with Gasteiger partial charge in [-0.3, -0.25) is 4.79 Å². The van der Waals surface area contributed by atoms with E-state index in [9.17, 15) is 4.79 Å². The molecule has 21 heavy (non-hydrogen) atoms. The van der Waals surface area contributed by atoms with E-state index in [0.29, 0.717) is 19.1 Å². The summed E-state index contributed by atoms with van der Waals surface area (Å²) in [6.45, 7) is 5.25. The van der Waals surface area contributed by atoms with Crippen LogP contribution in [0.3, 0.4) is 0 Å². The zero-order valence-electron chi connectivity index (χ0n) is 13.1. The van der Waals surface area contributed by atoms with Gasteiger partial charge >= 0.3 is 0 Å². The summed E-state index contributed by atoms with van der Waals surface area (Å²) in [5.41, 5.74) is 2.38. The number of nitrogens with one attached hydrogen (secondary N) is 1. The highest BCUT2D eigenvalue weighted by molar-refractivity contribution is 5.76. The summed E-state index contributed by atoms with van der Waals surface area (Å²) in [5.74, 6) is 0.106. The topological polar surface area (TPSA) is 41.6 Å². The van der Waals surface area contributed by atoms with E-state index in [-0.39, 0.29) is 5.91 Å². The first-order valence-electron chi connectivity index (χ1n) is 7.76. The second kappa shape index (κ2) is 8.15. The summed E-state index contributed by atoms with van der Waals surface area (Å²) in [7, 11) is 2.05. The summed E-state index contributed by atoms with van der Waals surface area (Å²) < 4.78 is 5.60. The van der Waals surface area contributed by atoms with Crippen molar-refractivity contribution in [1.82, 2.24) is 10.2 Å². The Balaban J connectivity index is 1.61. The predicted octanol–water partition coefficient (Wildman–Crippen LogP) is 2.11. The van der Waals surface area contributed by atoms with Crippen molar-refractivity contribution in [3.8, 4) is 0 Å². The van der Waals surface area contributed by atoms with Crippen LogP contribution in [-0.2, 0) is 16.1 Å². The van der Waals surface area contributed by atoms with Gasteiger partial charge in [-0.2, -0.15) is 0 Å². The molecule has 1 fully saturated rings. The maximum absolute atomic E-state index is 11.9. The minimum atomic E-state index is 0.106. The molecule has 0 saturated carbocycles. The van der Waals surface area contributed by atoms with E-state index in [1.54, 1.807) is 0 Å². The summed E-state index contributed by atoms with van der Waals surface area (Å²) in [6.07, 6.45) is 3.19. The number of carbonyl (C=O) groups is 1. The number of benzene rings is 1. The third kappa shape index (κ3) is 5.86. The third-order valence-electron chi connectivity index (χ3n) is 3.87. The molecule has 4 nitrogen and oxygen atoms in total. The van der Waals surface area contributed by atoms with Gasteiger partial charge in [0.25, 0.3) is 0 Å². The Morgan fingerprint density at radius 1 is 1.38 bits per heavy atom. The third-order valence-corrected chi connectivity index (χ3v) is 3.87. The van der Waals surface area contributed by atoms with Crippen LogP contribution in [0, 0.1) is 6.92 Å². The molecule has 0 bridgehead atoms. The number of carbonyl (C=O) groups excluding carboxylic acids is 1. The second-order valence-electron chi connectivity index (χ2n) is 5.91. The van der Waals surface area contributed by atoms with Crippen molar-refractivity contribution in [3.05, 3.63) is 35.4 Å². The molecule has 0 aromatic heterocycles. The van der Waals surface area contributed by atoms with Crippen LogP contribution in [0.15, 0.2) is 24.3 Å². The molecule has 1 unspecified atom stereocenters. The van der Waals surface area contributed by atoms with E-state index in [4.69, 9.17) is 4.74 Å². The summed E-state index contributed by atoms with van der Waals surface area (Å²) in [4.78, 5) is 14.0. The minimum absolute atomic E-state index is 0.106. The van der Waals surface area contributed by atoms with Crippen LogP contribution in [0.2, 0.25) is 0 Å². The number of ether oxygens (including phenoxy) is 1. The molecule has 4 heteroatoms. The van der Waals surface area contributed by atoms with E-state index in [1.807, 2.05) is 0 Å². The monoisotopic (exact) mass is 290 g/mol. The fraction of sp³-hybridized carbons (Fsp3) is 0.588. The van der Waals surface area contributed by atoms with Crippen molar-refractivity contribution in [2.75, 3.05) is 26.7 Å². The van der Waals surface area contributed by atoms with Gasteiger partial charge in [-0.1, -0.05) is 29.8 Å². The molecule has 1 atom stereocenters. The molecule has 1 aromatic carbocycles. The number of likely N-dealkylation sites (N-methyl/N-ethyl adjacent to an activating group) is 1. The fourth-order valence-electron chi connectivity index (χ4n) is 2.51. The van der Waals surface area contributed by atoms with Crippen molar-refractivity contribution >= 4 is 5.91 Å². The van der Waals surface area contributed by atoms with Crippen LogP contribution in [-0.4, -0.2) is 43.7 Å². The molecule has 1 aliphatic heterocycles. The lowest BCUT2D eigenvalue weighted by molar-refractivity contribution is -0.121. The molecule has 2 rings (SSSR count). The molecule has 1 N–H and O–H groups in total. The molecule has 116 valence electrons. The molecule has 1 aliphatic rings. The molecule has 1 saturated heterocycles. The van der Waals surface area contributed by atoms with Gasteiger partial charge in [-0.25, -0.2) is 0 Å². The Kier molecular flexibility index (Phi) is 6.21. The lowest BCUT2D eigenvalue weighted by atomic mass is 10.1. The van der Waals surface area contributed by atoms with Gasteiger partial charge < -0.3 is 15.0 Å². The van der Waals surface area contributed by atoms with Gasteiger partial charge in [0, 0.05) is 32.7 Å². The molecular weight excluding hydrogens is 264 g/mol. The van der Waals surface area contributed by atoms with Crippen molar-refractivity contribution in [2.24, 2.45) is 0 Å². The Labute approximate surface area is 127 Å². The largest absolute Gasteiger partial charge is 0.377 e.